The highest BCUT2D eigenvalue weighted by Crippen LogP contribution is 2.27. The Bertz CT molecular complexity index is 500. The molecule has 1 amide bonds. The van der Waals surface area contributed by atoms with E-state index in [1.165, 1.54) is 5.57 Å². The molecular weight excluding hydrogens is 236 g/mol. The molecule has 0 radical (unpaired) electrons. The van der Waals surface area contributed by atoms with E-state index in [0.29, 0.717) is 0 Å². The molecule has 1 aliphatic rings. The zero-order valence-corrected chi connectivity index (χ0v) is 11.9. The third-order valence-corrected chi connectivity index (χ3v) is 3.89. The first-order valence-corrected chi connectivity index (χ1v) is 6.72. The van der Waals surface area contributed by atoms with Crippen LogP contribution in [0.5, 0.6) is 0 Å². The third-order valence-electron chi connectivity index (χ3n) is 3.89. The topological polar surface area (TPSA) is 46.3 Å². The number of nitrogen functional groups attached to an aromatic ring is 1. The van der Waals surface area contributed by atoms with Crippen molar-refractivity contribution >= 4 is 11.6 Å². The van der Waals surface area contributed by atoms with Crippen molar-refractivity contribution in [1.82, 2.24) is 4.90 Å². The van der Waals surface area contributed by atoms with Crippen LogP contribution in [0.1, 0.15) is 32.8 Å². The largest absolute Gasteiger partial charge is 0.399 e. The van der Waals surface area contributed by atoms with Gasteiger partial charge in [-0.25, -0.2) is 0 Å². The van der Waals surface area contributed by atoms with Crippen LogP contribution in [-0.2, 0) is 10.2 Å². The van der Waals surface area contributed by atoms with Crippen LogP contribution in [0.15, 0.2) is 35.9 Å². The number of rotatable bonds is 2. The molecule has 1 aromatic rings. The standard InChI is InChI=1S/C16H22N2O/c1-12-8-10-18(11-9-12)15(19)16(2,3)13-4-6-14(17)7-5-13/h4-8H,9-11,17H2,1-3H3. The summed E-state index contributed by atoms with van der Waals surface area (Å²) in [6.45, 7) is 7.62. The number of nitrogens with zero attached hydrogens (tertiary/aromatic N) is 1. The summed E-state index contributed by atoms with van der Waals surface area (Å²) >= 11 is 0. The van der Waals surface area contributed by atoms with Crippen molar-refractivity contribution in [3.63, 3.8) is 0 Å². The predicted molar refractivity (Wildman–Crippen MR) is 78.8 cm³/mol. The van der Waals surface area contributed by atoms with Crippen molar-refractivity contribution in [2.75, 3.05) is 18.8 Å². The fraction of sp³-hybridized carbons (Fsp3) is 0.438. The van der Waals surface area contributed by atoms with E-state index >= 15 is 0 Å². The Kier molecular flexibility index (Phi) is 3.65. The molecule has 3 heteroatoms. The third kappa shape index (κ3) is 2.80. The highest BCUT2D eigenvalue weighted by Gasteiger charge is 2.33. The van der Waals surface area contributed by atoms with E-state index in [4.69, 9.17) is 5.73 Å². The molecule has 1 aliphatic heterocycles. The van der Waals surface area contributed by atoms with Crippen LogP contribution < -0.4 is 5.73 Å². The van der Waals surface area contributed by atoms with Crippen molar-refractivity contribution in [2.45, 2.75) is 32.6 Å². The average Bonchev–Trinajstić information content (AvgIpc) is 2.39. The van der Waals surface area contributed by atoms with Crippen LogP contribution >= 0.6 is 0 Å². The van der Waals surface area contributed by atoms with Crippen LogP contribution in [0.2, 0.25) is 0 Å². The van der Waals surface area contributed by atoms with Gasteiger partial charge in [0.05, 0.1) is 5.41 Å². The maximum Gasteiger partial charge on any atom is 0.232 e. The molecule has 0 saturated heterocycles. The van der Waals surface area contributed by atoms with Gasteiger partial charge in [0, 0.05) is 18.8 Å². The maximum absolute atomic E-state index is 12.7. The molecule has 0 saturated carbocycles. The Labute approximate surface area is 115 Å². The minimum Gasteiger partial charge on any atom is -0.399 e. The maximum atomic E-state index is 12.7. The van der Waals surface area contributed by atoms with Gasteiger partial charge in [-0.3, -0.25) is 4.79 Å². The molecule has 2 rings (SSSR count). The van der Waals surface area contributed by atoms with Gasteiger partial charge in [0.25, 0.3) is 0 Å². The Hall–Kier alpha value is -1.77. The monoisotopic (exact) mass is 258 g/mol. The van der Waals surface area contributed by atoms with Crippen LogP contribution in [-0.4, -0.2) is 23.9 Å². The Morgan fingerprint density at radius 3 is 2.42 bits per heavy atom. The zero-order chi connectivity index (χ0) is 14.0. The van der Waals surface area contributed by atoms with Crippen molar-refractivity contribution < 1.29 is 4.79 Å². The molecule has 102 valence electrons. The first-order chi connectivity index (χ1) is 8.91. The SMILES string of the molecule is CC1=CCN(C(=O)C(C)(C)c2ccc(N)cc2)CC1. The van der Waals surface area contributed by atoms with E-state index in [0.717, 1.165) is 30.8 Å². The minimum atomic E-state index is -0.507. The number of hydrogen-bond donors (Lipinski definition) is 1. The number of anilines is 1. The number of amides is 1. The van der Waals surface area contributed by atoms with Crippen molar-refractivity contribution in [3.05, 3.63) is 41.5 Å². The van der Waals surface area contributed by atoms with Crippen LogP contribution in [0.4, 0.5) is 5.69 Å². The summed E-state index contributed by atoms with van der Waals surface area (Å²) in [6, 6.07) is 7.59. The normalized spacial score (nSPS) is 16.2. The lowest BCUT2D eigenvalue weighted by Crippen LogP contribution is -2.45. The quantitative estimate of drug-likeness (QED) is 0.655. The Balaban J connectivity index is 2.19. The summed E-state index contributed by atoms with van der Waals surface area (Å²) in [5.74, 6) is 0.182. The molecule has 0 bridgehead atoms. The van der Waals surface area contributed by atoms with E-state index in [2.05, 4.69) is 13.0 Å². The number of carbonyl (C=O) groups excluding carboxylic acids is 1. The van der Waals surface area contributed by atoms with Crippen LogP contribution in [0, 0.1) is 0 Å². The summed E-state index contributed by atoms with van der Waals surface area (Å²) < 4.78 is 0. The van der Waals surface area contributed by atoms with Gasteiger partial charge in [-0.15, -0.1) is 0 Å². The first kappa shape index (κ1) is 13.7. The molecule has 0 unspecified atom stereocenters. The summed E-state index contributed by atoms with van der Waals surface area (Å²) in [4.78, 5) is 14.6. The van der Waals surface area contributed by atoms with Gasteiger partial charge < -0.3 is 10.6 Å². The molecule has 3 nitrogen and oxygen atoms in total. The predicted octanol–water partition coefficient (Wildman–Crippen LogP) is 2.73. The van der Waals surface area contributed by atoms with Gasteiger partial charge in [0.15, 0.2) is 0 Å². The zero-order valence-electron chi connectivity index (χ0n) is 11.9. The van der Waals surface area contributed by atoms with Crippen molar-refractivity contribution in [3.8, 4) is 0 Å². The molecule has 0 aliphatic carbocycles. The van der Waals surface area contributed by atoms with Gasteiger partial charge in [-0.2, -0.15) is 0 Å². The Morgan fingerprint density at radius 1 is 1.26 bits per heavy atom. The van der Waals surface area contributed by atoms with Crippen molar-refractivity contribution in [2.24, 2.45) is 0 Å². The Morgan fingerprint density at radius 2 is 1.89 bits per heavy atom. The van der Waals surface area contributed by atoms with Gasteiger partial charge in [0.2, 0.25) is 5.91 Å². The summed E-state index contributed by atoms with van der Waals surface area (Å²) in [6.07, 6.45) is 3.12. The fourth-order valence-corrected chi connectivity index (χ4v) is 2.37. The summed E-state index contributed by atoms with van der Waals surface area (Å²) in [5, 5.41) is 0. The molecule has 0 spiro atoms. The van der Waals surface area contributed by atoms with E-state index in [1.54, 1.807) is 0 Å². The molecule has 19 heavy (non-hydrogen) atoms. The van der Waals surface area contributed by atoms with Crippen LogP contribution in [0.25, 0.3) is 0 Å². The number of nitrogens with two attached hydrogens (primary N) is 1. The second-order valence-corrected chi connectivity index (χ2v) is 5.80. The molecular formula is C16H22N2O. The highest BCUT2D eigenvalue weighted by molar-refractivity contribution is 5.87. The number of hydrogen-bond acceptors (Lipinski definition) is 2. The molecule has 2 N–H and O–H groups in total. The van der Waals surface area contributed by atoms with E-state index in [1.807, 2.05) is 43.0 Å². The van der Waals surface area contributed by atoms with Gasteiger partial charge in [0.1, 0.15) is 0 Å². The van der Waals surface area contributed by atoms with Crippen LogP contribution in [0.3, 0.4) is 0 Å². The lowest BCUT2D eigenvalue weighted by molar-refractivity contribution is -0.135. The molecule has 1 aromatic carbocycles. The molecule has 0 fully saturated rings. The molecule has 0 aromatic heterocycles. The fourth-order valence-electron chi connectivity index (χ4n) is 2.37. The lowest BCUT2D eigenvalue weighted by atomic mass is 9.82. The van der Waals surface area contributed by atoms with E-state index in [9.17, 15) is 4.79 Å². The van der Waals surface area contributed by atoms with E-state index in [-0.39, 0.29) is 5.91 Å². The minimum absolute atomic E-state index is 0.182. The molecule has 0 atom stereocenters. The number of carbonyl (C=O) groups is 1. The van der Waals surface area contributed by atoms with Gasteiger partial charge >= 0.3 is 0 Å². The highest BCUT2D eigenvalue weighted by atomic mass is 16.2. The summed E-state index contributed by atoms with van der Waals surface area (Å²) in [5.41, 5.74) is 8.30. The van der Waals surface area contributed by atoms with Crippen molar-refractivity contribution in [1.29, 1.82) is 0 Å². The first-order valence-electron chi connectivity index (χ1n) is 6.72. The second-order valence-electron chi connectivity index (χ2n) is 5.80. The van der Waals surface area contributed by atoms with Gasteiger partial charge in [-0.1, -0.05) is 23.8 Å². The summed E-state index contributed by atoms with van der Waals surface area (Å²) in [7, 11) is 0. The van der Waals surface area contributed by atoms with E-state index < -0.39 is 5.41 Å². The average molecular weight is 258 g/mol. The van der Waals surface area contributed by atoms with Gasteiger partial charge in [-0.05, 0) is 44.9 Å². The number of benzene rings is 1. The lowest BCUT2D eigenvalue weighted by Gasteiger charge is -2.34. The second kappa shape index (κ2) is 5.08. The molecule has 1 heterocycles. The smallest absolute Gasteiger partial charge is 0.232 e.